The Bertz CT molecular complexity index is 526. The number of nitro groups is 1. The molecule has 1 saturated carbocycles. The van der Waals surface area contributed by atoms with Gasteiger partial charge in [-0.2, -0.15) is 0 Å². The van der Waals surface area contributed by atoms with E-state index in [2.05, 4.69) is 10.6 Å². The molecule has 108 valence electrons. The van der Waals surface area contributed by atoms with Crippen LogP contribution in [0.15, 0.2) is 18.2 Å². The van der Waals surface area contributed by atoms with Gasteiger partial charge in [-0.05, 0) is 32.3 Å². The van der Waals surface area contributed by atoms with Crippen molar-refractivity contribution in [2.75, 3.05) is 0 Å². The first-order valence-corrected chi connectivity index (χ1v) is 6.75. The number of nitrogens with zero attached hydrogens (tertiary/aromatic N) is 1. The predicted molar refractivity (Wildman–Crippen MR) is 75.3 cm³/mol. The van der Waals surface area contributed by atoms with Crippen molar-refractivity contribution in [2.45, 2.75) is 45.3 Å². The van der Waals surface area contributed by atoms with Crippen LogP contribution in [0.25, 0.3) is 0 Å². The highest BCUT2D eigenvalue weighted by Gasteiger charge is 2.25. The number of benzene rings is 1. The molecule has 0 bridgehead atoms. The van der Waals surface area contributed by atoms with Gasteiger partial charge in [0.1, 0.15) is 0 Å². The summed E-state index contributed by atoms with van der Waals surface area (Å²) in [7, 11) is 0. The molecule has 0 aliphatic heterocycles. The molecule has 0 spiro atoms. The molecule has 6 nitrogen and oxygen atoms in total. The van der Waals surface area contributed by atoms with E-state index in [4.69, 9.17) is 0 Å². The lowest BCUT2D eigenvalue weighted by Gasteiger charge is -2.14. The molecule has 0 saturated heterocycles. The van der Waals surface area contributed by atoms with E-state index in [1.165, 1.54) is 6.07 Å². The van der Waals surface area contributed by atoms with Crippen molar-refractivity contribution in [1.29, 1.82) is 0 Å². The number of nitrogens with one attached hydrogen (secondary N) is 2. The van der Waals surface area contributed by atoms with Crippen LogP contribution in [0.5, 0.6) is 0 Å². The molecule has 0 aromatic heterocycles. The quantitative estimate of drug-likeness (QED) is 0.612. The van der Waals surface area contributed by atoms with Crippen LogP contribution < -0.4 is 10.6 Å². The average molecular weight is 277 g/mol. The lowest BCUT2D eigenvalue weighted by atomic mass is 10.1. The van der Waals surface area contributed by atoms with Gasteiger partial charge in [-0.1, -0.05) is 12.1 Å². The highest BCUT2D eigenvalue weighted by molar-refractivity contribution is 5.81. The van der Waals surface area contributed by atoms with Crippen molar-refractivity contribution in [2.24, 2.45) is 0 Å². The maximum atomic E-state index is 11.8. The van der Waals surface area contributed by atoms with Crippen molar-refractivity contribution < 1.29 is 9.72 Å². The minimum Gasteiger partial charge on any atom is -0.352 e. The summed E-state index contributed by atoms with van der Waals surface area (Å²) in [6.45, 7) is 3.96. The number of hydrogen-bond acceptors (Lipinski definition) is 4. The van der Waals surface area contributed by atoms with Gasteiger partial charge in [0.05, 0.1) is 11.0 Å². The monoisotopic (exact) mass is 277 g/mol. The summed E-state index contributed by atoms with van der Waals surface area (Å²) < 4.78 is 0. The SMILES string of the molecule is Cc1c(CNC(C)C(=O)NC2CC2)cccc1[N+](=O)[O-]. The lowest BCUT2D eigenvalue weighted by Crippen LogP contribution is -2.42. The Morgan fingerprint density at radius 2 is 2.20 bits per heavy atom. The summed E-state index contributed by atoms with van der Waals surface area (Å²) >= 11 is 0. The van der Waals surface area contributed by atoms with Crippen LogP contribution in [-0.2, 0) is 11.3 Å². The van der Waals surface area contributed by atoms with Crippen LogP contribution >= 0.6 is 0 Å². The van der Waals surface area contributed by atoms with Gasteiger partial charge in [-0.25, -0.2) is 0 Å². The Balaban J connectivity index is 1.94. The Kier molecular flexibility index (Phi) is 4.34. The van der Waals surface area contributed by atoms with Crippen LogP contribution in [-0.4, -0.2) is 22.9 Å². The van der Waals surface area contributed by atoms with Crippen molar-refractivity contribution in [3.63, 3.8) is 0 Å². The smallest absolute Gasteiger partial charge is 0.272 e. The second kappa shape index (κ2) is 6.00. The van der Waals surface area contributed by atoms with E-state index < -0.39 is 0 Å². The molecule has 2 N–H and O–H groups in total. The molecule has 1 aromatic carbocycles. The molecule has 1 amide bonds. The van der Waals surface area contributed by atoms with Gasteiger partial charge in [0, 0.05) is 24.2 Å². The molecule has 1 atom stereocenters. The van der Waals surface area contributed by atoms with Crippen molar-refractivity contribution >= 4 is 11.6 Å². The third-order valence-corrected chi connectivity index (χ3v) is 3.53. The van der Waals surface area contributed by atoms with Crippen LogP contribution in [0.1, 0.15) is 30.9 Å². The molecule has 20 heavy (non-hydrogen) atoms. The zero-order valence-electron chi connectivity index (χ0n) is 11.7. The van der Waals surface area contributed by atoms with E-state index in [1.807, 2.05) is 6.07 Å². The maximum absolute atomic E-state index is 11.8. The van der Waals surface area contributed by atoms with E-state index in [1.54, 1.807) is 19.9 Å². The summed E-state index contributed by atoms with van der Waals surface area (Å²) in [6.07, 6.45) is 2.12. The molecule has 1 aliphatic carbocycles. The van der Waals surface area contributed by atoms with Gasteiger partial charge in [-0.3, -0.25) is 14.9 Å². The van der Waals surface area contributed by atoms with Crippen molar-refractivity contribution in [3.8, 4) is 0 Å². The van der Waals surface area contributed by atoms with Crippen LogP contribution in [0, 0.1) is 17.0 Å². The molecule has 2 rings (SSSR count). The number of hydrogen-bond donors (Lipinski definition) is 2. The van der Waals surface area contributed by atoms with Crippen LogP contribution in [0.4, 0.5) is 5.69 Å². The van der Waals surface area contributed by atoms with Gasteiger partial charge in [0.15, 0.2) is 0 Å². The van der Waals surface area contributed by atoms with Gasteiger partial charge < -0.3 is 10.6 Å². The fraction of sp³-hybridized carbons (Fsp3) is 0.500. The molecule has 6 heteroatoms. The van der Waals surface area contributed by atoms with Crippen LogP contribution in [0.3, 0.4) is 0 Å². The third kappa shape index (κ3) is 3.54. The minimum atomic E-state index is -0.387. The minimum absolute atomic E-state index is 0.0180. The van der Waals surface area contributed by atoms with E-state index in [9.17, 15) is 14.9 Å². The van der Waals surface area contributed by atoms with Crippen molar-refractivity contribution in [1.82, 2.24) is 10.6 Å². The first kappa shape index (κ1) is 14.5. The second-order valence-corrected chi connectivity index (χ2v) is 5.20. The number of amides is 1. The summed E-state index contributed by atoms with van der Waals surface area (Å²) in [5.41, 5.74) is 1.59. The zero-order chi connectivity index (χ0) is 14.7. The molecule has 0 radical (unpaired) electrons. The zero-order valence-corrected chi connectivity index (χ0v) is 11.7. The molecule has 1 unspecified atom stereocenters. The fourth-order valence-electron chi connectivity index (χ4n) is 1.97. The summed E-state index contributed by atoms with van der Waals surface area (Å²) in [4.78, 5) is 22.3. The second-order valence-electron chi connectivity index (χ2n) is 5.20. The van der Waals surface area contributed by atoms with E-state index in [0.29, 0.717) is 18.2 Å². The topological polar surface area (TPSA) is 84.3 Å². The Morgan fingerprint density at radius 3 is 2.80 bits per heavy atom. The molecule has 1 aliphatic rings. The molecule has 1 fully saturated rings. The molecule has 1 aromatic rings. The number of carbonyl (C=O) groups is 1. The maximum Gasteiger partial charge on any atom is 0.272 e. The molecule has 0 heterocycles. The standard InChI is InChI=1S/C14H19N3O3/c1-9-11(4-3-5-13(9)17(19)20)8-15-10(2)14(18)16-12-6-7-12/h3-5,10,12,15H,6-8H2,1-2H3,(H,16,18). The summed E-state index contributed by atoms with van der Waals surface area (Å²) in [6, 6.07) is 5.01. The Morgan fingerprint density at radius 1 is 1.50 bits per heavy atom. The van der Waals surface area contributed by atoms with Gasteiger partial charge in [0.25, 0.3) is 5.69 Å². The van der Waals surface area contributed by atoms with Gasteiger partial charge in [0.2, 0.25) is 5.91 Å². The summed E-state index contributed by atoms with van der Waals surface area (Å²) in [5, 5.41) is 16.9. The average Bonchev–Trinajstić information content (AvgIpc) is 3.20. The highest BCUT2D eigenvalue weighted by atomic mass is 16.6. The third-order valence-electron chi connectivity index (χ3n) is 3.53. The van der Waals surface area contributed by atoms with Gasteiger partial charge >= 0.3 is 0 Å². The van der Waals surface area contributed by atoms with E-state index in [-0.39, 0.29) is 22.6 Å². The van der Waals surface area contributed by atoms with E-state index in [0.717, 1.165) is 18.4 Å². The normalized spacial score (nSPS) is 15.7. The fourth-order valence-corrected chi connectivity index (χ4v) is 1.97. The van der Waals surface area contributed by atoms with Gasteiger partial charge in [-0.15, -0.1) is 0 Å². The molecular weight excluding hydrogens is 258 g/mol. The first-order valence-electron chi connectivity index (χ1n) is 6.75. The molecular formula is C14H19N3O3. The number of rotatable bonds is 6. The highest BCUT2D eigenvalue weighted by Crippen LogP contribution is 2.21. The number of carbonyl (C=O) groups excluding carboxylic acids is 1. The van der Waals surface area contributed by atoms with E-state index >= 15 is 0 Å². The Labute approximate surface area is 117 Å². The lowest BCUT2D eigenvalue weighted by molar-refractivity contribution is -0.385. The predicted octanol–water partition coefficient (Wildman–Crippen LogP) is 1.66. The largest absolute Gasteiger partial charge is 0.352 e. The first-order chi connectivity index (χ1) is 9.49. The number of nitro benzene ring substituents is 1. The van der Waals surface area contributed by atoms with Crippen LogP contribution in [0.2, 0.25) is 0 Å². The Hall–Kier alpha value is -1.95. The van der Waals surface area contributed by atoms with Crippen molar-refractivity contribution in [3.05, 3.63) is 39.4 Å². The summed E-state index contributed by atoms with van der Waals surface area (Å²) in [5.74, 6) is -0.0180.